The van der Waals surface area contributed by atoms with Gasteiger partial charge >= 0.3 is 0 Å². The van der Waals surface area contributed by atoms with Crippen LogP contribution in [0.15, 0.2) is 152 Å². The second kappa shape index (κ2) is 10.1. The van der Waals surface area contributed by atoms with Crippen LogP contribution >= 0.6 is 0 Å². The maximum absolute atomic E-state index is 5.49. The van der Waals surface area contributed by atoms with E-state index in [4.69, 9.17) is 9.97 Å². The highest BCUT2D eigenvalue weighted by Gasteiger charge is 2.44. The zero-order valence-electron chi connectivity index (χ0n) is 26.8. The molecule has 0 unspecified atom stereocenters. The standard InChI is InChI=1S/C44H31N3Si/c1-48(2)42-35-23-12-10-20-32(35)31-19-9-11-22-34(31)39(42)40-41(45-43(46-44(40)48)28-15-5-3-6-16-28)29-25-26-38-36(27-29)33-21-13-14-24-37(33)47(38)30-17-7-4-8-18-30/h3-27H,1-2H3. The molecule has 7 aromatic carbocycles. The van der Waals surface area contributed by atoms with Gasteiger partial charge in [0.1, 0.15) is 8.07 Å². The lowest BCUT2D eigenvalue weighted by Crippen LogP contribution is -2.51. The van der Waals surface area contributed by atoms with Gasteiger partial charge in [-0.15, -0.1) is 0 Å². The predicted octanol–water partition coefficient (Wildman–Crippen LogP) is 10.0. The van der Waals surface area contributed by atoms with E-state index in [9.17, 15) is 0 Å². The second-order valence-electron chi connectivity index (χ2n) is 13.4. The lowest BCUT2D eigenvalue weighted by Gasteiger charge is -2.21. The Labute approximate surface area is 279 Å². The van der Waals surface area contributed by atoms with Gasteiger partial charge in [0.15, 0.2) is 5.82 Å². The molecule has 0 atom stereocenters. The quantitative estimate of drug-likeness (QED) is 0.144. The normalized spacial score (nSPS) is 13.4. The van der Waals surface area contributed by atoms with Crippen molar-refractivity contribution in [2.45, 2.75) is 13.1 Å². The van der Waals surface area contributed by atoms with Gasteiger partial charge in [-0.1, -0.05) is 134 Å². The summed E-state index contributed by atoms with van der Waals surface area (Å²) in [4.78, 5) is 11.0. The Morgan fingerprint density at radius 2 is 1.04 bits per heavy atom. The molecule has 226 valence electrons. The Hall–Kier alpha value is -5.84. The van der Waals surface area contributed by atoms with E-state index in [1.165, 1.54) is 65.0 Å². The van der Waals surface area contributed by atoms with Gasteiger partial charge in [-0.25, -0.2) is 9.97 Å². The number of rotatable bonds is 3. The molecular formula is C44H31N3Si. The van der Waals surface area contributed by atoms with Gasteiger partial charge in [-0.05, 0) is 62.6 Å². The van der Waals surface area contributed by atoms with Crippen molar-refractivity contribution in [3.63, 3.8) is 0 Å². The molecular weight excluding hydrogens is 599 g/mol. The van der Waals surface area contributed by atoms with E-state index in [-0.39, 0.29) is 0 Å². The molecule has 0 saturated carbocycles. The van der Waals surface area contributed by atoms with Gasteiger partial charge in [0.2, 0.25) is 0 Å². The van der Waals surface area contributed by atoms with Crippen molar-refractivity contribution >= 4 is 61.9 Å². The largest absolute Gasteiger partial charge is 0.309 e. The highest BCUT2D eigenvalue weighted by molar-refractivity contribution is 7.05. The minimum absolute atomic E-state index is 0.790. The zero-order chi connectivity index (χ0) is 32.0. The van der Waals surface area contributed by atoms with E-state index in [2.05, 4.69) is 169 Å². The molecule has 0 fully saturated rings. The van der Waals surface area contributed by atoms with Gasteiger partial charge in [0, 0.05) is 38.5 Å². The monoisotopic (exact) mass is 629 g/mol. The first-order chi connectivity index (χ1) is 23.6. The Kier molecular flexibility index (Phi) is 5.73. The predicted molar refractivity (Wildman–Crippen MR) is 204 cm³/mol. The average Bonchev–Trinajstić information content (AvgIpc) is 3.60. The summed E-state index contributed by atoms with van der Waals surface area (Å²) in [6.07, 6.45) is 0. The SMILES string of the molecule is C[Si]1(C)c2nc(-c3ccccc3)nc(-c3ccc4c(c3)c3ccccc3n4-c3ccccc3)c2-c2c1c1ccccc1c1ccccc21. The Bertz CT molecular complexity index is 2740. The van der Waals surface area contributed by atoms with E-state index in [0.717, 1.165) is 28.3 Å². The van der Waals surface area contributed by atoms with E-state index in [0.29, 0.717) is 0 Å². The third-order valence-corrected chi connectivity index (χ3v) is 13.6. The molecule has 2 aromatic heterocycles. The van der Waals surface area contributed by atoms with Crippen LogP contribution in [0.5, 0.6) is 0 Å². The van der Waals surface area contributed by atoms with Gasteiger partial charge < -0.3 is 4.57 Å². The molecule has 48 heavy (non-hydrogen) atoms. The fourth-order valence-corrected chi connectivity index (χ4v) is 11.5. The number of aromatic nitrogens is 3. The molecule has 3 heterocycles. The van der Waals surface area contributed by atoms with Crippen molar-refractivity contribution in [2.24, 2.45) is 0 Å². The molecule has 9 aromatic rings. The fourth-order valence-electron chi connectivity index (χ4n) is 8.22. The Morgan fingerprint density at radius 1 is 0.458 bits per heavy atom. The Morgan fingerprint density at radius 3 is 1.79 bits per heavy atom. The van der Waals surface area contributed by atoms with Crippen LogP contribution in [0.1, 0.15) is 0 Å². The number of hydrogen-bond acceptors (Lipinski definition) is 2. The summed E-state index contributed by atoms with van der Waals surface area (Å²) in [6.45, 7) is 4.95. The van der Waals surface area contributed by atoms with E-state index in [1.807, 2.05) is 0 Å². The molecule has 10 rings (SSSR count). The first kappa shape index (κ1) is 27.3. The van der Waals surface area contributed by atoms with Crippen LogP contribution in [0.4, 0.5) is 0 Å². The molecule has 1 aliphatic heterocycles. The molecule has 4 heteroatoms. The lowest BCUT2D eigenvalue weighted by molar-refractivity contribution is 1.18. The van der Waals surface area contributed by atoms with Crippen LogP contribution in [0.3, 0.4) is 0 Å². The Balaban J connectivity index is 1.34. The highest BCUT2D eigenvalue weighted by Crippen LogP contribution is 2.44. The minimum Gasteiger partial charge on any atom is -0.309 e. The number of nitrogens with zero attached hydrogens (tertiary/aromatic N) is 3. The molecule has 1 aliphatic rings. The molecule has 0 bridgehead atoms. The third kappa shape index (κ3) is 3.75. The number of para-hydroxylation sites is 2. The summed E-state index contributed by atoms with van der Waals surface area (Å²) in [5.41, 5.74) is 9.23. The minimum atomic E-state index is -2.28. The molecule has 0 amide bonds. The number of hydrogen-bond donors (Lipinski definition) is 0. The summed E-state index contributed by atoms with van der Waals surface area (Å²) in [6, 6.07) is 54.6. The van der Waals surface area contributed by atoms with Crippen molar-refractivity contribution in [3.05, 3.63) is 152 Å². The average molecular weight is 630 g/mol. The van der Waals surface area contributed by atoms with Crippen molar-refractivity contribution in [1.82, 2.24) is 14.5 Å². The lowest BCUT2D eigenvalue weighted by atomic mass is 9.91. The molecule has 0 spiro atoms. The van der Waals surface area contributed by atoms with E-state index < -0.39 is 8.07 Å². The third-order valence-electron chi connectivity index (χ3n) is 10.3. The van der Waals surface area contributed by atoms with Crippen LogP contribution in [0.2, 0.25) is 13.1 Å². The highest BCUT2D eigenvalue weighted by atomic mass is 28.3. The molecule has 0 N–H and O–H groups in total. The number of fused-ring (bicyclic) bond motifs is 11. The molecule has 0 radical (unpaired) electrons. The summed E-state index contributed by atoms with van der Waals surface area (Å²) in [7, 11) is -2.28. The van der Waals surface area contributed by atoms with Crippen molar-refractivity contribution in [1.29, 1.82) is 0 Å². The molecule has 3 nitrogen and oxygen atoms in total. The van der Waals surface area contributed by atoms with Crippen LogP contribution in [0, 0.1) is 0 Å². The molecule has 0 saturated heterocycles. The maximum atomic E-state index is 5.49. The zero-order valence-corrected chi connectivity index (χ0v) is 27.8. The van der Waals surface area contributed by atoms with Crippen molar-refractivity contribution in [2.75, 3.05) is 0 Å². The van der Waals surface area contributed by atoms with E-state index >= 15 is 0 Å². The summed E-state index contributed by atoms with van der Waals surface area (Å²) >= 11 is 0. The van der Waals surface area contributed by atoms with Gasteiger partial charge in [0.05, 0.1) is 16.7 Å². The van der Waals surface area contributed by atoms with Crippen LogP contribution in [-0.4, -0.2) is 22.6 Å². The summed E-state index contributed by atoms with van der Waals surface area (Å²) < 4.78 is 2.37. The van der Waals surface area contributed by atoms with Crippen molar-refractivity contribution < 1.29 is 0 Å². The van der Waals surface area contributed by atoms with Gasteiger partial charge in [0.25, 0.3) is 0 Å². The van der Waals surface area contributed by atoms with Crippen molar-refractivity contribution in [3.8, 4) is 39.5 Å². The summed E-state index contributed by atoms with van der Waals surface area (Å²) in [5, 5.41) is 10.4. The smallest absolute Gasteiger partial charge is 0.159 e. The second-order valence-corrected chi connectivity index (χ2v) is 17.6. The fraction of sp³-hybridized carbons (Fsp3) is 0.0455. The first-order valence-corrected chi connectivity index (χ1v) is 19.6. The van der Waals surface area contributed by atoms with Crippen LogP contribution in [0.25, 0.3) is 82.8 Å². The first-order valence-electron chi connectivity index (χ1n) is 16.6. The van der Waals surface area contributed by atoms with E-state index in [1.54, 1.807) is 0 Å². The van der Waals surface area contributed by atoms with Crippen LogP contribution in [-0.2, 0) is 0 Å². The van der Waals surface area contributed by atoms with Crippen LogP contribution < -0.4 is 10.5 Å². The maximum Gasteiger partial charge on any atom is 0.159 e. The molecule has 0 aliphatic carbocycles. The van der Waals surface area contributed by atoms with Gasteiger partial charge in [-0.3, -0.25) is 0 Å². The summed E-state index contributed by atoms with van der Waals surface area (Å²) in [5.74, 6) is 0.790. The number of benzene rings is 7. The topological polar surface area (TPSA) is 30.7 Å². The van der Waals surface area contributed by atoms with Gasteiger partial charge in [-0.2, -0.15) is 0 Å².